The van der Waals surface area contributed by atoms with Crippen molar-refractivity contribution in [3.8, 4) is 11.3 Å². The molecule has 136 valence electrons. The summed E-state index contributed by atoms with van der Waals surface area (Å²) < 4.78 is 5.56. The number of anilines is 1. The van der Waals surface area contributed by atoms with Crippen LogP contribution in [0.15, 0.2) is 65.1 Å². The fraction of sp³-hybridized carbons (Fsp3) is 0. The number of carbonyl (C=O) groups is 2. The zero-order valence-electron chi connectivity index (χ0n) is 13.7. The predicted molar refractivity (Wildman–Crippen MR) is 106 cm³/mol. The first-order valence-corrected chi connectivity index (χ1v) is 8.52. The van der Waals surface area contributed by atoms with Crippen molar-refractivity contribution in [2.45, 2.75) is 0 Å². The summed E-state index contributed by atoms with van der Waals surface area (Å²) in [4.78, 5) is 23.1. The fourth-order valence-electron chi connectivity index (χ4n) is 2.28. The van der Waals surface area contributed by atoms with Crippen molar-refractivity contribution in [2.75, 3.05) is 5.32 Å². The maximum Gasteiger partial charge on any atom is 0.335 e. The van der Waals surface area contributed by atoms with Crippen molar-refractivity contribution in [1.29, 1.82) is 0 Å². The molecule has 0 fully saturated rings. The number of amides is 1. The molecule has 0 unspecified atom stereocenters. The van der Waals surface area contributed by atoms with E-state index in [-0.39, 0.29) is 16.4 Å². The third-order valence-electron chi connectivity index (χ3n) is 3.56. The molecule has 1 heterocycles. The van der Waals surface area contributed by atoms with Crippen LogP contribution in [0.3, 0.4) is 0 Å². The fourth-order valence-corrected chi connectivity index (χ4v) is 2.68. The minimum absolute atomic E-state index is 0.0591. The molecular weight excluding hydrogens is 388 g/mol. The zero-order valence-corrected chi connectivity index (χ0v) is 15.3. The van der Waals surface area contributed by atoms with Crippen molar-refractivity contribution in [2.24, 2.45) is 0 Å². The molecule has 8 heteroatoms. The Morgan fingerprint density at radius 2 is 1.78 bits per heavy atom. The Hall–Kier alpha value is -3.16. The average molecular weight is 401 g/mol. The first-order valence-electron chi connectivity index (χ1n) is 7.74. The number of nitrogens with one attached hydrogen (secondary N) is 2. The monoisotopic (exact) mass is 400 g/mol. The number of thiocarbonyl (C=S) groups is 1. The Labute approximate surface area is 164 Å². The zero-order chi connectivity index (χ0) is 19.4. The van der Waals surface area contributed by atoms with Crippen LogP contribution in [-0.2, 0) is 0 Å². The highest BCUT2D eigenvalue weighted by atomic mass is 35.5. The van der Waals surface area contributed by atoms with E-state index in [1.54, 1.807) is 36.4 Å². The molecule has 0 saturated carbocycles. The molecule has 0 saturated heterocycles. The number of hydrogen-bond acceptors (Lipinski definition) is 4. The Morgan fingerprint density at radius 3 is 2.44 bits per heavy atom. The number of hydrogen-bond donors (Lipinski definition) is 3. The van der Waals surface area contributed by atoms with Crippen molar-refractivity contribution in [3.05, 3.63) is 77.0 Å². The van der Waals surface area contributed by atoms with Gasteiger partial charge in [0, 0.05) is 16.3 Å². The smallest absolute Gasteiger partial charge is 0.335 e. The van der Waals surface area contributed by atoms with E-state index in [9.17, 15) is 9.59 Å². The van der Waals surface area contributed by atoms with Gasteiger partial charge in [-0.05, 0) is 60.7 Å². The van der Waals surface area contributed by atoms with E-state index >= 15 is 0 Å². The molecule has 2 aromatic carbocycles. The molecule has 0 aliphatic rings. The molecule has 1 aromatic heterocycles. The van der Waals surface area contributed by atoms with Crippen LogP contribution in [0.5, 0.6) is 0 Å². The molecule has 0 radical (unpaired) electrons. The second kappa shape index (κ2) is 8.03. The Balaban J connectivity index is 1.63. The molecule has 3 aromatic rings. The summed E-state index contributed by atoms with van der Waals surface area (Å²) in [6.07, 6.45) is 0. The molecule has 0 aliphatic heterocycles. The van der Waals surface area contributed by atoms with Crippen LogP contribution in [0.1, 0.15) is 20.9 Å². The normalized spacial score (nSPS) is 10.3. The van der Waals surface area contributed by atoms with E-state index in [4.69, 9.17) is 33.3 Å². The minimum atomic E-state index is -1.02. The third-order valence-corrected chi connectivity index (χ3v) is 3.99. The largest absolute Gasteiger partial charge is 0.478 e. The number of rotatable bonds is 4. The Morgan fingerprint density at radius 1 is 1.04 bits per heavy atom. The highest BCUT2D eigenvalue weighted by Gasteiger charge is 2.14. The van der Waals surface area contributed by atoms with E-state index in [0.29, 0.717) is 16.5 Å². The van der Waals surface area contributed by atoms with Gasteiger partial charge in [0.1, 0.15) is 5.76 Å². The molecule has 6 nitrogen and oxygen atoms in total. The van der Waals surface area contributed by atoms with Crippen molar-refractivity contribution in [3.63, 3.8) is 0 Å². The van der Waals surface area contributed by atoms with Crippen molar-refractivity contribution in [1.82, 2.24) is 5.32 Å². The molecule has 27 heavy (non-hydrogen) atoms. The highest BCUT2D eigenvalue weighted by Crippen LogP contribution is 2.24. The highest BCUT2D eigenvalue weighted by molar-refractivity contribution is 7.80. The maximum atomic E-state index is 12.3. The summed E-state index contributed by atoms with van der Waals surface area (Å²) >= 11 is 11.1. The van der Waals surface area contributed by atoms with Crippen LogP contribution in [0.4, 0.5) is 5.69 Å². The summed E-state index contributed by atoms with van der Waals surface area (Å²) in [6.45, 7) is 0. The summed E-state index contributed by atoms with van der Waals surface area (Å²) in [5.41, 5.74) is 1.45. The summed E-state index contributed by atoms with van der Waals surface area (Å²) in [5.74, 6) is -0.935. The first-order chi connectivity index (χ1) is 12.9. The van der Waals surface area contributed by atoms with Gasteiger partial charge < -0.3 is 14.8 Å². The van der Waals surface area contributed by atoms with E-state index in [0.717, 1.165) is 5.56 Å². The van der Waals surface area contributed by atoms with Gasteiger partial charge in [-0.1, -0.05) is 23.7 Å². The van der Waals surface area contributed by atoms with Crippen molar-refractivity contribution >= 4 is 46.5 Å². The number of furan rings is 1. The number of aromatic carboxylic acids is 1. The average Bonchev–Trinajstić information content (AvgIpc) is 3.12. The van der Waals surface area contributed by atoms with Crippen LogP contribution in [0, 0.1) is 0 Å². The van der Waals surface area contributed by atoms with Gasteiger partial charge in [0.15, 0.2) is 10.9 Å². The summed E-state index contributed by atoms with van der Waals surface area (Å²) in [6, 6.07) is 16.2. The molecule has 1 amide bonds. The second-order valence-electron chi connectivity index (χ2n) is 5.46. The number of halogens is 1. The first kappa shape index (κ1) is 18.6. The standard InChI is InChI=1S/C19H13ClN2O4S/c20-13-3-1-2-12(10-13)15-8-9-16(26-15)17(23)22-19(27)21-14-6-4-11(5-7-14)18(24)25/h1-10H,(H,24,25)(H2,21,22,23,27). The topological polar surface area (TPSA) is 91.6 Å². The lowest BCUT2D eigenvalue weighted by molar-refractivity contribution is 0.0696. The van der Waals surface area contributed by atoms with E-state index in [1.807, 2.05) is 6.07 Å². The lowest BCUT2D eigenvalue weighted by Gasteiger charge is -2.08. The lowest BCUT2D eigenvalue weighted by Crippen LogP contribution is -2.33. The maximum absolute atomic E-state index is 12.3. The van der Waals surface area contributed by atoms with Gasteiger partial charge in [0.2, 0.25) is 0 Å². The molecule has 0 spiro atoms. The SMILES string of the molecule is O=C(O)c1ccc(NC(=S)NC(=O)c2ccc(-c3cccc(Cl)c3)o2)cc1. The van der Waals surface area contributed by atoms with Gasteiger partial charge in [-0.25, -0.2) is 4.79 Å². The van der Waals surface area contributed by atoms with Crippen LogP contribution < -0.4 is 10.6 Å². The van der Waals surface area contributed by atoms with E-state index < -0.39 is 11.9 Å². The van der Waals surface area contributed by atoms with Gasteiger partial charge in [-0.3, -0.25) is 10.1 Å². The molecule has 0 atom stereocenters. The van der Waals surface area contributed by atoms with E-state index in [2.05, 4.69) is 10.6 Å². The molecule has 0 aliphatic carbocycles. The van der Waals surface area contributed by atoms with Crippen molar-refractivity contribution < 1.29 is 19.1 Å². The lowest BCUT2D eigenvalue weighted by atomic mass is 10.2. The molecule has 0 bridgehead atoms. The quantitative estimate of drug-likeness (QED) is 0.561. The van der Waals surface area contributed by atoms with E-state index in [1.165, 1.54) is 18.2 Å². The number of carbonyl (C=O) groups excluding carboxylic acids is 1. The van der Waals surface area contributed by atoms with Crippen LogP contribution in [-0.4, -0.2) is 22.1 Å². The molecular formula is C19H13ClN2O4S. The Kier molecular flexibility index (Phi) is 5.54. The summed E-state index contributed by atoms with van der Waals surface area (Å²) in [7, 11) is 0. The van der Waals surface area contributed by atoms with Crippen LogP contribution >= 0.6 is 23.8 Å². The van der Waals surface area contributed by atoms with Gasteiger partial charge in [-0.2, -0.15) is 0 Å². The number of benzene rings is 2. The van der Waals surface area contributed by atoms with Crippen LogP contribution in [0.2, 0.25) is 5.02 Å². The minimum Gasteiger partial charge on any atom is -0.478 e. The van der Waals surface area contributed by atoms with Gasteiger partial charge in [0.05, 0.1) is 5.56 Å². The van der Waals surface area contributed by atoms with Gasteiger partial charge in [-0.15, -0.1) is 0 Å². The second-order valence-corrected chi connectivity index (χ2v) is 6.31. The van der Waals surface area contributed by atoms with Crippen LogP contribution in [0.25, 0.3) is 11.3 Å². The Bertz CT molecular complexity index is 1010. The predicted octanol–water partition coefficient (Wildman–Crippen LogP) is 4.43. The third kappa shape index (κ3) is 4.72. The summed E-state index contributed by atoms with van der Waals surface area (Å²) in [5, 5.41) is 14.8. The molecule has 3 N–H and O–H groups in total. The number of carboxylic acid groups (broad SMARTS) is 1. The van der Waals surface area contributed by atoms with Gasteiger partial charge >= 0.3 is 5.97 Å². The molecule has 3 rings (SSSR count). The number of carboxylic acids is 1. The van der Waals surface area contributed by atoms with Gasteiger partial charge in [0.25, 0.3) is 5.91 Å².